The summed E-state index contributed by atoms with van der Waals surface area (Å²) in [6, 6.07) is 12.0. The minimum Gasteiger partial charge on any atom is -0.458 e. The number of alkyl carbamates (subject to hydrolysis) is 1. The van der Waals surface area contributed by atoms with Gasteiger partial charge in [-0.05, 0) is 78.5 Å². The molecule has 4 amide bonds. The van der Waals surface area contributed by atoms with E-state index in [1.54, 1.807) is 67.5 Å². The van der Waals surface area contributed by atoms with E-state index in [2.05, 4.69) is 10.6 Å². The van der Waals surface area contributed by atoms with E-state index < -0.39 is 71.6 Å². The summed E-state index contributed by atoms with van der Waals surface area (Å²) < 4.78 is 11.0. The molecule has 0 spiro atoms. The SMILES string of the molecule is CCc1ccc(C(C(=O)NC(Cc2ccccc2)C(=O)OC(C)(C)C)N(C(=O)C(CC(N)=O)NC(=O)OC(C)(C)C)C(C)C)cc1. The summed E-state index contributed by atoms with van der Waals surface area (Å²) in [6.07, 6.45) is -0.554. The number of nitrogens with two attached hydrogens (primary N) is 1. The van der Waals surface area contributed by atoms with Crippen molar-refractivity contribution in [1.29, 1.82) is 0 Å². The highest BCUT2D eigenvalue weighted by molar-refractivity contribution is 5.95. The van der Waals surface area contributed by atoms with Gasteiger partial charge in [0.15, 0.2) is 0 Å². The second-order valence-corrected chi connectivity index (χ2v) is 13.5. The van der Waals surface area contributed by atoms with E-state index in [0.29, 0.717) is 5.56 Å². The molecule has 2 rings (SSSR count). The summed E-state index contributed by atoms with van der Waals surface area (Å²) in [5.41, 5.74) is 6.06. The molecule has 11 nitrogen and oxygen atoms in total. The molecule has 0 saturated carbocycles. The van der Waals surface area contributed by atoms with Gasteiger partial charge in [0.05, 0.1) is 6.42 Å². The van der Waals surface area contributed by atoms with Crippen LogP contribution >= 0.6 is 0 Å². The van der Waals surface area contributed by atoms with Gasteiger partial charge in [-0.1, -0.05) is 61.5 Å². The number of benzene rings is 2. The third-order valence-corrected chi connectivity index (χ3v) is 6.73. The van der Waals surface area contributed by atoms with Crippen LogP contribution in [0.4, 0.5) is 4.79 Å². The lowest BCUT2D eigenvalue weighted by atomic mass is 9.97. The van der Waals surface area contributed by atoms with Gasteiger partial charge in [0, 0.05) is 12.5 Å². The normalized spacial score (nSPS) is 13.6. The van der Waals surface area contributed by atoms with E-state index in [1.165, 1.54) is 4.90 Å². The second kappa shape index (κ2) is 16.2. The average molecular weight is 639 g/mol. The molecular formula is C35H50N4O7. The summed E-state index contributed by atoms with van der Waals surface area (Å²) >= 11 is 0. The van der Waals surface area contributed by atoms with Crippen LogP contribution in [0.1, 0.15) is 91.5 Å². The van der Waals surface area contributed by atoms with Gasteiger partial charge in [0.1, 0.15) is 29.3 Å². The van der Waals surface area contributed by atoms with Gasteiger partial charge in [-0.2, -0.15) is 0 Å². The first kappa shape index (κ1) is 37.8. The fourth-order valence-electron chi connectivity index (χ4n) is 4.75. The maximum absolute atomic E-state index is 14.4. The van der Waals surface area contributed by atoms with E-state index >= 15 is 0 Å². The standard InChI is InChI=1S/C35H50N4O7/c1-10-23-16-18-25(19-17-23)29(30(41)37-27(32(43)45-34(4,5)6)20-24-14-12-11-13-15-24)39(22(2)3)31(42)26(21-28(36)40)38-33(44)46-35(7,8)9/h11-19,22,26-27,29H,10,20-21H2,1-9H3,(H2,36,40)(H,37,41)(H,38,44). The zero-order valence-corrected chi connectivity index (χ0v) is 28.5. The average Bonchev–Trinajstić information content (AvgIpc) is 2.93. The second-order valence-electron chi connectivity index (χ2n) is 13.5. The third-order valence-electron chi connectivity index (χ3n) is 6.73. The van der Waals surface area contributed by atoms with Crippen LogP contribution in [0.15, 0.2) is 54.6 Å². The number of rotatable bonds is 13. The van der Waals surface area contributed by atoms with E-state index in [4.69, 9.17) is 15.2 Å². The van der Waals surface area contributed by atoms with Crippen molar-refractivity contribution in [3.8, 4) is 0 Å². The van der Waals surface area contributed by atoms with Crippen molar-refractivity contribution in [2.75, 3.05) is 0 Å². The molecule has 46 heavy (non-hydrogen) atoms. The summed E-state index contributed by atoms with van der Waals surface area (Å²) in [5.74, 6) is -2.84. The minimum absolute atomic E-state index is 0.142. The van der Waals surface area contributed by atoms with Gasteiger partial charge < -0.3 is 30.7 Å². The molecule has 0 aliphatic rings. The number of hydrogen-bond donors (Lipinski definition) is 3. The van der Waals surface area contributed by atoms with E-state index in [-0.39, 0.29) is 6.42 Å². The Morgan fingerprint density at radius 1 is 0.783 bits per heavy atom. The Hall–Kier alpha value is -4.41. The van der Waals surface area contributed by atoms with Gasteiger partial charge in [-0.15, -0.1) is 0 Å². The van der Waals surface area contributed by atoms with Crippen LogP contribution in [0.5, 0.6) is 0 Å². The van der Waals surface area contributed by atoms with E-state index in [0.717, 1.165) is 17.5 Å². The Morgan fingerprint density at radius 2 is 1.35 bits per heavy atom. The number of primary amides is 1. The number of nitrogens with zero attached hydrogens (tertiary/aromatic N) is 1. The highest BCUT2D eigenvalue weighted by atomic mass is 16.6. The van der Waals surface area contributed by atoms with Gasteiger partial charge in [-0.25, -0.2) is 9.59 Å². The molecule has 0 radical (unpaired) electrons. The van der Waals surface area contributed by atoms with Crippen LogP contribution in [-0.4, -0.2) is 64.0 Å². The number of esters is 1. The Bertz CT molecular complexity index is 1350. The molecule has 0 fully saturated rings. The van der Waals surface area contributed by atoms with Crippen molar-refractivity contribution in [1.82, 2.24) is 15.5 Å². The monoisotopic (exact) mass is 638 g/mol. The summed E-state index contributed by atoms with van der Waals surface area (Å²) in [6.45, 7) is 15.6. The van der Waals surface area contributed by atoms with Crippen LogP contribution in [0.25, 0.3) is 0 Å². The summed E-state index contributed by atoms with van der Waals surface area (Å²) in [4.78, 5) is 68.1. The lowest BCUT2D eigenvalue weighted by molar-refractivity contribution is -0.159. The van der Waals surface area contributed by atoms with Crippen LogP contribution in [0.2, 0.25) is 0 Å². The molecule has 0 aromatic heterocycles. The fraction of sp³-hybridized carbons (Fsp3) is 0.514. The predicted molar refractivity (Wildman–Crippen MR) is 175 cm³/mol. The molecule has 11 heteroatoms. The first-order valence-corrected chi connectivity index (χ1v) is 15.6. The predicted octanol–water partition coefficient (Wildman–Crippen LogP) is 4.37. The van der Waals surface area contributed by atoms with Gasteiger partial charge >= 0.3 is 12.1 Å². The molecule has 3 atom stereocenters. The number of carbonyl (C=O) groups is 5. The number of aryl methyl sites for hydroxylation is 1. The Labute approximate surface area is 272 Å². The van der Waals surface area contributed by atoms with E-state index in [1.807, 2.05) is 49.4 Å². The van der Waals surface area contributed by atoms with Gasteiger partial charge in [-0.3, -0.25) is 14.4 Å². The molecule has 2 aromatic carbocycles. The maximum Gasteiger partial charge on any atom is 0.408 e. The van der Waals surface area contributed by atoms with Gasteiger partial charge in [0.2, 0.25) is 17.7 Å². The maximum atomic E-state index is 14.4. The number of amides is 4. The molecule has 0 bridgehead atoms. The Balaban J connectivity index is 2.61. The molecule has 2 aromatic rings. The summed E-state index contributed by atoms with van der Waals surface area (Å²) in [7, 11) is 0. The van der Waals surface area contributed by atoms with Crippen LogP contribution in [0, 0.1) is 0 Å². The largest absolute Gasteiger partial charge is 0.458 e. The van der Waals surface area contributed by atoms with E-state index in [9.17, 15) is 24.0 Å². The van der Waals surface area contributed by atoms with Crippen molar-refractivity contribution in [2.45, 2.75) is 117 Å². The first-order chi connectivity index (χ1) is 21.3. The molecule has 0 saturated heterocycles. The Morgan fingerprint density at radius 3 is 1.83 bits per heavy atom. The fourth-order valence-corrected chi connectivity index (χ4v) is 4.75. The molecule has 0 heterocycles. The third kappa shape index (κ3) is 12.2. The highest BCUT2D eigenvalue weighted by Crippen LogP contribution is 2.27. The molecule has 3 unspecified atom stereocenters. The van der Waals surface area contributed by atoms with Crippen LogP contribution in [-0.2, 0) is 41.5 Å². The van der Waals surface area contributed by atoms with Crippen molar-refractivity contribution < 1.29 is 33.4 Å². The minimum atomic E-state index is -1.43. The van der Waals surface area contributed by atoms with Crippen molar-refractivity contribution in [2.24, 2.45) is 5.73 Å². The number of carbonyl (C=O) groups excluding carboxylic acids is 5. The quantitative estimate of drug-likeness (QED) is 0.275. The molecule has 0 aliphatic carbocycles. The first-order valence-electron chi connectivity index (χ1n) is 15.6. The van der Waals surface area contributed by atoms with Crippen LogP contribution in [0.3, 0.4) is 0 Å². The zero-order valence-electron chi connectivity index (χ0n) is 28.5. The number of hydrogen-bond acceptors (Lipinski definition) is 7. The van der Waals surface area contributed by atoms with Crippen LogP contribution < -0.4 is 16.4 Å². The van der Waals surface area contributed by atoms with Crippen molar-refractivity contribution in [3.63, 3.8) is 0 Å². The van der Waals surface area contributed by atoms with Crippen molar-refractivity contribution in [3.05, 3.63) is 71.3 Å². The smallest absolute Gasteiger partial charge is 0.408 e. The number of ether oxygens (including phenoxy) is 2. The molecule has 0 aliphatic heterocycles. The lowest BCUT2D eigenvalue weighted by Crippen LogP contribution is -2.57. The molecular weight excluding hydrogens is 588 g/mol. The molecule has 252 valence electrons. The zero-order chi connectivity index (χ0) is 34.8. The Kier molecular flexibility index (Phi) is 13.3. The van der Waals surface area contributed by atoms with Gasteiger partial charge in [0.25, 0.3) is 0 Å². The lowest BCUT2D eigenvalue weighted by Gasteiger charge is -2.37. The number of nitrogens with one attached hydrogen (secondary N) is 2. The highest BCUT2D eigenvalue weighted by Gasteiger charge is 2.40. The molecule has 4 N–H and O–H groups in total. The topological polar surface area (TPSA) is 157 Å². The summed E-state index contributed by atoms with van der Waals surface area (Å²) in [5, 5.41) is 5.31. The van der Waals surface area contributed by atoms with Crippen molar-refractivity contribution >= 4 is 29.8 Å².